The van der Waals surface area contributed by atoms with E-state index in [4.69, 9.17) is 4.42 Å². The first-order valence-corrected chi connectivity index (χ1v) is 7.84. The van der Waals surface area contributed by atoms with Gasteiger partial charge in [-0.25, -0.2) is 4.98 Å². The highest BCUT2D eigenvalue weighted by atomic mass is 16.3. The zero-order valence-electron chi connectivity index (χ0n) is 13.9. The summed E-state index contributed by atoms with van der Waals surface area (Å²) >= 11 is 0. The van der Waals surface area contributed by atoms with Gasteiger partial charge in [0.1, 0.15) is 11.3 Å². The van der Waals surface area contributed by atoms with Crippen molar-refractivity contribution in [3.05, 3.63) is 66.7 Å². The van der Waals surface area contributed by atoms with Crippen LogP contribution in [0.3, 0.4) is 0 Å². The topological polar surface area (TPSA) is 64.2 Å². The second-order valence-electron chi connectivity index (χ2n) is 5.75. The Morgan fingerprint density at radius 2 is 2.00 bits per heavy atom. The average Bonchev–Trinajstić information content (AvgIpc) is 3.24. The van der Waals surface area contributed by atoms with Crippen molar-refractivity contribution >= 4 is 22.6 Å². The van der Waals surface area contributed by atoms with Gasteiger partial charge in [-0.2, -0.15) is 0 Å². The lowest BCUT2D eigenvalue weighted by atomic mass is 10.2. The summed E-state index contributed by atoms with van der Waals surface area (Å²) in [7, 11) is 3.52. The first-order valence-electron chi connectivity index (χ1n) is 7.84. The maximum Gasteiger partial charge on any atom is 0.276 e. The Morgan fingerprint density at radius 1 is 1.16 bits per heavy atom. The summed E-state index contributed by atoms with van der Waals surface area (Å²) in [6.45, 7) is 0. The predicted octanol–water partition coefficient (Wildman–Crippen LogP) is 3.50. The van der Waals surface area contributed by atoms with Crippen molar-refractivity contribution in [1.82, 2.24) is 14.5 Å². The van der Waals surface area contributed by atoms with Gasteiger partial charge in [0.15, 0.2) is 11.6 Å². The normalized spacial score (nSPS) is 11.0. The van der Waals surface area contributed by atoms with Gasteiger partial charge in [0.2, 0.25) is 0 Å². The van der Waals surface area contributed by atoms with E-state index in [0.717, 1.165) is 16.7 Å². The molecule has 0 radical (unpaired) electrons. The van der Waals surface area contributed by atoms with Gasteiger partial charge in [0.25, 0.3) is 5.91 Å². The lowest BCUT2D eigenvalue weighted by Crippen LogP contribution is -2.28. The van der Waals surface area contributed by atoms with E-state index in [-0.39, 0.29) is 5.91 Å². The molecule has 0 spiro atoms. The molecule has 0 aliphatic heterocycles. The van der Waals surface area contributed by atoms with Crippen molar-refractivity contribution < 1.29 is 9.21 Å². The van der Waals surface area contributed by atoms with Crippen LogP contribution in [0.1, 0.15) is 10.5 Å². The van der Waals surface area contributed by atoms with E-state index in [9.17, 15) is 4.79 Å². The molecule has 0 saturated heterocycles. The maximum atomic E-state index is 12.8. The minimum Gasteiger partial charge on any atom is -0.453 e. The summed E-state index contributed by atoms with van der Waals surface area (Å²) in [4.78, 5) is 22.8. The molecule has 1 amide bonds. The summed E-state index contributed by atoms with van der Waals surface area (Å²) in [5.41, 5.74) is 1.99. The van der Waals surface area contributed by atoms with E-state index >= 15 is 0 Å². The predicted molar refractivity (Wildman–Crippen MR) is 95.4 cm³/mol. The first kappa shape index (κ1) is 15.1. The number of imidazole rings is 1. The molecule has 6 heteroatoms. The van der Waals surface area contributed by atoms with Crippen molar-refractivity contribution in [2.75, 3.05) is 11.9 Å². The number of anilines is 1. The van der Waals surface area contributed by atoms with Crippen LogP contribution >= 0.6 is 0 Å². The molecular weight excluding hydrogens is 316 g/mol. The highest BCUT2D eigenvalue weighted by molar-refractivity contribution is 6.04. The number of aromatic nitrogens is 3. The first-order chi connectivity index (χ1) is 12.1. The molecule has 0 fully saturated rings. The van der Waals surface area contributed by atoms with Gasteiger partial charge < -0.3 is 13.9 Å². The van der Waals surface area contributed by atoms with Crippen LogP contribution in [0.5, 0.6) is 0 Å². The van der Waals surface area contributed by atoms with Gasteiger partial charge in [0, 0.05) is 25.7 Å². The molecule has 0 saturated carbocycles. The van der Waals surface area contributed by atoms with Crippen molar-refractivity contribution in [2.45, 2.75) is 0 Å². The molecule has 0 bridgehead atoms. The van der Waals surface area contributed by atoms with Crippen LogP contribution in [-0.4, -0.2) is 27.5 Å². The number of hydrogen-bond donors (Lipinski definition) is 0. The van der Waals surface area contributed by atoms with E-state index in [1.807, 2.05) is 36.4 Å². The molecule has 3 aromatic heterocycles. The Hall–Kier alpha value is -3.41. The number of pyridine rings is 1. The highest BCUT2D eigenvalue weighted by Crippen LogP contribution is 2.27. The van der Waals surface area contributed by atoms with Crippen molar-refractivity contribution in [3.63, 3.8) is 0 Å². The molecule has 0 atom stereocenters. The number of furan rings is 1. The third-order valence-corrected chi connectivity index (χ3v) is 4.19. The number of para-hydroxylation sites is 1. The molecule has 0 unspecified atom stereocenters. The maximum absolute atomic E-state index is 12.8. The molecule has 124 valence electrons. The van der Waals surface area contributed by atoms with Crippen LogP contribution in [0, 0.1) is 0 Å². The van der Waals surface area contributed by atoms with E-state index in [0.29, 0.717) is 17.3 Å². The summed E-state index contributed by atoms with van der Waals surface area (Å²) in [5, 5.41) is 1.00. The molecule has 4 rings (SSSR count). The molecule has 1 aromatic carbocycles. The van der Waals surface area contributed by atoms with Crippen LogP contribution in [0.15, 0.2) is 65.5 Å². The molecular formula is C19H16N4O2. The minimum atomic E-state index is -0.162. The van der Waals surface area contributed by atoms with Crippen LogP contribution in [0.25, 0.3) is 22.6 Å². The number of nitrogens with zero attached hydrogens (tertiary/aromatic N) is 4. The molecule has 6 nitrogen and oxygen atoms in total. The number of carbonyl (C=O) groups excluding carboxylic acids is 1. The second kappa shape index (κ2) is 5.90. The lowest BCUT2D eigenvalue weighted by molar-refractivity contribution is 0.0985. The SMILES string of the molecule is CN(C(=O)c1cnc(-c2cc3ccccc3o2)n1C)c1cccnc1. The van der Waals surface area contributed by atoms with Gasteiger partial charge in [-0.3, -0.25) is 9.78 Å². The molecule has 0 aliphatic carbocycles. The largest absolute Gasteiger partial charge is 0.453 e. The molecule has 25 heavy (non-hydrogen) atoms. The zero-order chi connectivity index (χ0) is 17.4. The zero-order valence-corrected chi connectivity index (χ0v) is 13.9. The third kappa shape index (κ3) is 2.57. The minimum absolute atomic E-state index is 0.162. The Morgan fingerprint density at radius 3 is 2.76 bits per heavy atom. The summed E-state index contributed by atoms with van der Waals surface area (Å²) in [6.07, 6.45) is 4.89. The Bertz CT molecular complexity index is 1020. The lowest BCUT2D eigenvalue weighted by Gasteiger charge is -2.16. The van der Waals surface area contributed by atoms with Crippen LogP contribution in [0.2, 0.25) is 0 Å². The number of hydrogen-bond acceptors (Lipinski definition) is 4. The van der Waals surface area contributed by atoms with E-state index in [1.165, 1.54) is 0 Å². The van der Waals surface area contributed by atoms with Gasteiger partial charge in [-0.1, -0.05) is 18.2 Å². The quantitative estimate of drug-likeness (QED) is 0.576. The molecule has 0 aliphatic rings. The Kier molecular flexibility index (Phi) is 3.57. The molecule has 0 N–H and O–H groups in total. The van der Waals surface area contributed by atoms with Crippen molar-refractivity contribution in [2.24, 2.45) is 7.05 Å². The Balaban J connectivity index is 1.70. The smallest absolute Gasteiger partial charge is 0.276 e. The third-order valence-electron chi connectivity index (χ3n) is 4.19. The standard InChI is InChI=1S/C19H16N4O2/c1-22(14-7-5-9-20-11-14)19(24)15-12-21-18(23(15)2)17-10-13-6-3-4-8-16(13)25-17/h3-12H,1-2H3. The number of benzene rings is 1. The van der Waals surface area contributed by atoms with Crippen LogP contribution in [-0.2, 0) is 7.05 Å². The van der Waals surface area contributed by atoms with Gasteiger partial charge in [-0.05, 0) is 24.3 Å². The number of carbonyl (C=O) groups is 1. The van der Waals surface area contributed by atoms with Crippen LogP contribution < -0.4 is 4.90 Å². The van der Waals surface area contributed by atoms with Crippen molar-refractivity contribution in [1.29, 1.82) is 0 Å². The van der Waals surface area contributed by atoms with Crippen LogP contribution in [0.4, 0.5) is 5.69 Å². The number of rotatable bonds is 3. The number of fused-ring (bicyclic) bond motifs is 1. The van der Waals surface area contributed by atoms with E-state index in [1.54, 1.807) is 48.2 Å². The fourth-order valence-electron chi connectivity index (χ4n) is 2.77. The summed E-state index contributed by atoms with van der Waals surface area (Å²) in [5.74, 6) is 1.08. The fourth-order valence-corrected chi connectivity index (χ4v) is 2.77. The molecule has 3 heterocycles. The molecule has 4 aromatic rings. The number of amides is 1. The van der Waals surface area contributed by atoms with Gasteiger partial charge in [0.05, 0.1) is 18.1 Å². The van der Waals surface area contributed by atoms with E-state index in [2.05, 4.69) is 9.97 Å². The van der Waals surface area contributed by atoms with Crippen molar-refractivity contribution in [3.8, 4) is 11.6 Å². The van der Waals surface area contributed by atoms with E-state index < -0.39 is 0 Å². The Labute approximate surface area is 144 Å². The average molecular weight is 332 g/mol. The fraction of sp³-hybridized carbons (Fsp3) is 0.105. The van der Waals surface area contributed by atoms with Gasteiger partial charge in [-0.15, -0.1) is 0 Å². The summed E-state index contributed by atoms with van der Waals surface area (Å²) in [6, 6.07) is 13.3. The second-order valence-corrected chi connectivity index (χ2v) is 5.75. The summed E-state index contributed by atoms with van der Waals surface area (Å²) < 4.78 is 7.60. The monoisotopic (exact) mass is 332 g/mol. The highest BCUT2D eigenvalue weighted by Gasteiger charge is 2.21. The van der Waals surface area contributed by atoms with Gasteiger partial charge >= 0.3 is 0 Å².